The predicted octanol–water partition coefficient (Wildman–Crippen LogP) is -0.0172. The highest BCUT2D eigenvalue weighted by Crippen LogP contribution is 2.22. The van der Waals surface area contributed by atoms with Crippen LogP contribution in [0, 0.1) is 0 Å². The number of anilines is 1. The minimum absolute atomic E-state index is 0.140. The minimum atomic E-state index is -3.37. The van der Waals surface area contributed by atoms with E-state index in [9.17, 15) is 18.8 Å². The highest BCUT2D eigenvalue weighted by atomic mass is 31.1. The first-order chi connectivity index (χ1) is 8.88. The Labute approximate surface area is 109 Å². The highest BCUT2D eigenvalue weighted by Gasteiger charge is 2.31. The van der Waals surface area contributed by atoms with Crippen molar-refractivity contribution in [1.82, 2.24) is 5.32 Å². The molecule has 19 heavy (non-hydrogen) atoms. The van der Waals surface area contributed by atoms with Crippen LogP contribution in [0.3, 0.4) is 0 Å². The molecule has 0 aliphatic heterocycles. The lowest BCUT2D eigenvalue weighted by Gasteiger charge is -2.07. The van der Waals surface area contributed by atoms with Crippen LogP contribution in [-0.4, -0.2) is 17.2 Å². The van der Waals surface area contributed by atoms with Crippen LogP contribution in [0.1, 0.15) is 10.4 Å². The van der Waals surface area contributed by atoms with E-state index in [1.165, 1.54) is 24.3 Å². The van der Waals surface area contributed by atoms with Gasteiger partial charge in [-0.3, -0.25) is 10.1 Å². The molecular formula is C8H9N2O7P2+. The summed E-state index contributed by atoms with van der Waals surface area (Å²) in [6.45, 7) is 0. The van der Waals surface area contributed by atoms with E-state index in [0.717, 1.165) is 0 Å². The molecular weight excluding hydrogens is 298 g/mol. The average molecular weight is 307 g/mol. The zero-order valence-corrected chi connectivity index (χ0v) is 11.0. The Bertz CT molecular complexity index is 476. The van der Waals surface area contributed by atoms with E-state index >= 15 is 0 Å². The summed E-state index contributed by atoms with van der Waals surface area (Å²) in [4.78, 5) is 30.5. The van der Waals surface area contributed by atoms with Crippen molar-refractivity contribution >= 4 is 28.1 Å². The van der Waals surface area contributed by atoms with Gasteiger partial charge in [0.25, 0.3) is 5.91 Å². The van der Waals surface area contributed by atoms with Gasteiger partial charge in [-0.25, -0.2) is 0 Å². The fraction of sp³-hybridized carbons (Fsp3) is 0.125. The lowest BCUT2D eigenvalue weighted by molar-refractivity contribution is -0.199. The molecule has 0 aliphatic carbocycles. The van der Waals surface area contributed by atoms with Gasteiger partial charge in [-0.15, -0.1) is 4.89 Å². The molecule has 9 nitrogen and oxygen atoms in total. The van der Waals surface area contributed by atoms with Gasteiger partial charge in [0, 0.05) is 15.8 Å². The Morgan fingerprint density at radius 3 is 2.37 bits per heavy atom. The first-order valence-corrected chi connectivity index (χ1v) is 6.91. The fourth-order valence-electron chi connectivity index (χ4n) is 1.06. The molecule has 0 fully saturated rings. The van der Waals surface area contributed by atoms with Gasteiger partial charge in [0.2, 0.25) is 0 Å². The maximum Gasteiger partial charge on any atom is 0.699 e. The van der Waals surface area contributed by atoms with Gasteiger partial charge < -0.3 is 10.6 Å². The summed E-state index contributed by atoms with van der Waals surface area (Å²) in [5.74, 6) is -0.765. The van der Waals surface area contributed by atoms with E-state index in [2.05, 4.69) is 9.05 Å². The maximum atomic E-state index is 11.6. The molecule has 3 atom stereocenters. The molecule has 102 valence electrons. The van der Waals surface area contributed by atoms with Crippen molar-refractivity contribution in [3.63, 3.8) is 0 Å². The summed E-state index contributed by atoms with van der Waals surface area (Å²) in [5, 5.41) is 1.96. The van der Waals surface area contributed by atoms with Crippen molar-refractivity contribution in [3.05, 3.63) is 29.8 Å². The number of amides is 1. The third-order valence-corrected chi connectivity index (χ3v) is 2.52. The first kappa shape index (κ1) is 15.6. The van der Waals surface area contributed by atoms with Crippen molar-refractivity contribution in [2.24, 2.45) is 0 Å². The van der Waals surface area contributed by atoms with Crippen LogP contribution < -0.4 is 15.9 Å². The van der Waals surface area contributed by atoms with Gasteiger partial charge in [-0.1, -0.05) is 9.05 Å². The fourth-order valence-corrected chi connectivity index (χ4v) is 1.64. The van der Waals surface area contributed by atoms with Gasteiger partial charge >= 0.3 is 22.9 Å². The lowest BCUT2D eigenvalue weighted by atomic mass is 10.2. The highest BCUT2D eigenvalue weighted by molar-refractivity contribution is 7.32. The summed E-state index contributed by atoms with van der Waals surface area (Å²) in [5.41, 5.74) is 6.00. The quantitative estimate of drug-likeness (QED) is 0.377. The van der Waals surface area contributed by atoms with Crippen LogP contribution in [0.2, 0.25) is 0 Å². The normalized spacial score (nSPS) is 13.6. The molecule has 0 aromatic heterocycles. The van der Waals surface area contributed by atoms with Crippen LogP contribution >= 0.6 is 16.5 Å². The van der Waals surface area contributed by atoms with E-state index in [0.29, 0.717) is 5.69 Å². The molecule has 0 radical (unpaired) electrons. The van der Waals surface area contributed by atoms with E-state index in [-0.39, 0.29) is 5.56 Å². The topological polar surface area (TPSA) is 151 Å². The number of nitrogens with two attached hydrogens (primary N) is 1. The van der Waals surface area contributed by atoms with Gasteiger partial charge in [0.05, 0.1) is 0 Å². The number of carbonyl (C=O) groups excluding carboxylic acids is 1. The minimum Gasteiger partial charge on any atom is -0.566 e. The van der Waals surface area contributed by atoms with Gasteiger partial charge in [-0.05, 0) is 28.8 Å². The van der Waals surface area contributed by atoms with Crippen molar-refractivity contribution in [3.8, 4) is 0 Å². The van der Waals surface area contributed by atoms with Crippen LogP contribution in [0.25, 0.3) is 0 Å². The summed E-state index contributed by atoms with van der Waals surface area (Å²) in [6, 6.07) is 5.65. The van der Waals surface area contributed by atoms with E-state index in [1.807, 2.05) is 5.32 Å². The Morgan fingerprint density at radius 1 is 1.32 bits per heavy atom. The number of benzene rings is 1. The Kier molecular flexibility index (Phi) is 5.91. The molecule has 1 aromatic carbocycles. The average Bonchev–Trinajstić information content (AvgIpc) is 2.27. The molecule has 0 spiro atoms. The van der Waals surface area contributed by atoms with E-state index < -0.39 is 28.8 Å². The van der Waals surface area contributed by atoms with Crippen molar-refractivity contribution in [2.75, 3.05) is 5.73 Å². The molecule has 4 N–H and O–H groups in total. The van der Waals surface area contributed by atoms with Crippen molar-refractivity contribution < 1.29 is 32.8 Å². The standard InChI is InChI=1S/C8H8N2O7P2/c9-6-3-1-5(2-4-6)7(11)10-8(16-18(12)13)17-19(14)15/h1-4,8H,(H3-,9,10,11,12,13)/p+1. The number of rotatable bonds is 6. The number of carbonyl (C=O) groups is 1. The zero-order valence-electron chi connectivity index (χ0n) is 9.26. The number of nitrogens with one attached hydrogen (secondary N) is 1. The van der Waals surface area contributed by atoms with Gasteiger partial charge in [-0.2, -0.15) is 0 Å². The van der Waals surface area contributed by atoms with Gasteiger partial charge in [0.1, 0.15) is 0 Å². The molecule has 0 bridgehead atoms. The number of hydrogen-bond donors (Lipinski definition) is 3. The van der Waals surface area contributed by atoms with Crippen molar-refractivity contribution in [1.29, 1.82) is 0 Å². The predicted molar refractivity (Wildman–Crippen MR) is 61.7 cm³/mol. The molecule has 0 saturated heterocycles. The zero-order chi connectivity index (χ0) is 14.4. The van der Waals surface area contributed by atoms with E-state index in [4.69, 9.17) is 10.6 Å². The SMILES string of the molecule is Nc1ccc(C(=O)NC(O[P+](=O)[O-])O[P+](=O)O)cc1. The van der Waals surface area contributed by atoms with Crippen LogP contribution in [-0.2, 0) is 18.2 Å². The molecule has 0 heterocycles. The second-order valence-electron chi connectivity index (χ2n) is 3.10. The van der Waals surface area contributed by atoms with Crippen LogP contribution in [0.5, 0.6) is 0 Å². The molecule has 0 aliphatic rings. The Balaban J connectivity index is 2.72. The molecule has 3 unspecified atom stereocenters. The molecule has 1 rings (SSSR count). The maximum absolute atomic E-state index is 11.6. The van der Waals surface area contributed by atoms with Crippen LogP contribution in [0.4, 0.5) is 5.69 Å². The second-order valence-corrected chi connectivity index (χ2v) is 4.44. The molecule has 1 amide bonds. The summed E-state index contributed by atoms with van der Waals surface area (Å²) in [6.07, 6.45) is -1.89. The summed E-state index contributed by atoms with van der Waals surface area (Å²) in [7, 11) is -6.53. The molecule has 1 aromatic rings. The Hall–Kier alpha value is -1.47. The smallest absolute Gasteiger partial charge is 0.566 e. The number of nitrogen functional groups attached to an aromatic ring is 1. The van der Waals surface area contributed by atoms with E-state index in [1.54, 1.807) is 0 Å². The third-order valence-electron chi connectivity index (χ3n) is 1.79. The third kappa shape index (κ3) is 5.80. The largest absolute Gasteiger partial charge is 0.699 e. The molecule has 0 saturated carbocycles. The number of hydrogen-bond acceptors (Lipinski definition) is 7. The first-order valence-electron chi connectivity index (χ1n) is 4.69. The monoisotopic (exact) mass is 307 g/mol. The van der Waals surface area contributed by atoms with Crippen LogP contribution in [0.15, 0.2) is 24.3 Å². The summed E-state index contributed by atoms with van der Waals surface area (Å²) < 4.78 is 29.1. The van der Waals surface area contributed by atoms with Crippen molar-refractivity contribution in [2.45, 2.75) is 6.41 Å². The lowest BCUT2D eigenvalue weighted by Crippen LogP contribution is -2.36. The summed E-state index contributed by atoms with van der Waals surface area (Å²) >= 11 is 0. The molecule has 11 heteroatoms. The van der Waals surface area contributed by atoms with Gasteiger partial charge in [0.15, 0.2) is 0 Å². The second kappa shape index (κ2) is 7.20. The Morgan fingerprint density at radius 2 is 1.89 bits per heavy atom.